The van der Waals surface area contributed by atoms with E-state index in [1.807, 2.05) is 32.0 Å². The predicted octanol–water partition coefficient (Wildman–Crippen LogP) is 5.50. The summed E-state index contributed by atoms with van der Waals surface area (Å²) in [5.41, 5.74) is 6.44. The molecule has 3 rings (SSSR count). The van der Waals surface area contributed by atoms with E-state index in [4.69, 9.17) is 16.3 Å². The third kappa shape index (κ3) is 6.67. The van der Waals surface area contributed by atoms with Crippen molar-refractivity contribution in [3.8, 4) is 5.75 Å². The van der Waals surface area contributed by atoms with E-state index < -0.39 is 0 Å². The minimum atomic E-state index is -0.372. The van der Waals surface area contributed by atoms with Gasteiger partial charge in [0.15, 0.2) is 6.61 Å². The zero-order chi connectivity index (χ0) is 23.1. The van der Waals surface area contributed by atoms with Crippen LogP contribution in [0.5, 0.6) is 5.75 Å². The Balaban J connectivity index is 1.62. The molecule has 0 fully saturated rings. The summed E-state index contributed by atoms with van der Waals surface area (Å²) in [4.78, 5) is 24.5. The van der Waals surface area contributed by atoms with Crippen LogP contribution in [0, 0.1) is 13.8 Å². The van der Waals surface area contributed by atoms with Crippen molar-refractivity contribution in [3.63, 3.8) is 0 Å². The Kier molecular flexibility index (Phi) is 8.03. The Morgan fingerprint density at radius 2 is 1.78 bits per heavy atom. The van der Waals surface area contributed by atoms with Crippen molar-refractivity contribution >= 4 is 51.2 Å². The quantitative estimate of drug-likeness (QED) is 0.323. The second-order valence-electron chi connectivity index (χ2n) is 7.02. The van der Waals surface area contributed by atoms with Crippen LogP contribution in [0.15, 0.2) is 70.2 Å². The number of hydrogen-bond donors (Lipinski definition) is 2. The Morgan fingerprint density at radius 3 is 2.50 bits per heavy atom. The van der Waals surface area contributed by atoms with E-state index in [0.717, 1.165) is 15.6 Å². The molecule has 0 radical (unpaired) electrons. The summed E-state index contributed by atoms with van der Waals surface area (Å²) in [5, 5.41) is 7.36. The summed E-state index contributed by atoms with van der Waals surface area (Å²) in [6, 6.07) is 17.5. The molecule has 6 nitrogen and oxygen atoms in total. The van der Waals surface area contributed by atoms with Gasteiger partial charge in [0.05, 0.1) is 6.21 Å². The third-order valence-corrected chi connectivity index (χ3v) is 5.34. The predicted molar refractivity (Wildman–Crippen MR) is 131 cm³/mol. The SMILES string of the molecule is Cc1ccc(NC(=O)COc2ccc(Br)cc2/C=N/NC(=O)c2ccc(Cl)cc2)cc1C. The van der Waals surface area contributed by atoms with Gasteiger partial charge in [-0.3, -0.25) is 9.59 Å². The second-order valence-corrected chi connectivity index (χ2v) is 8.38. The molecule has 0 aromatic heterocycles. The molecule has 8 heteroatoms. The minimum absolute atomic E-state index is 0.174. The van der Waals surface area contributed by atoms with Gasteiger partial charge < -0.3 is 10.1 Å². The molecular formula is C24H21BrClN3O3. The molecule has 0 aliphatic heterocycles. The third-order valence-electron chi connectivity index (χ3n) is 4.60. The van der Waals surface area contributed by atoms with Gasteiger partial charge in [-0.05, 0) is 79.6 Å². The molecule has 0 bridgehead atoms. The first kappa shape index (κ1) is 23.5. The lowest BCUT2D eigenvalue weighted by Crippen LogP contribution is -2.21. The van der Waals surface area contributed by atoms with E-state index in [2.05, 4.69) is 31.8 Å². The Labute approximate surface area is 199 Å². The highest BCUT2D eigenvalue weighted by Gasteiger charge is 2.09. The fourth-order valence-electron chi connectivity index (χ4n) is 2.74. The van der Waals surface area contributed by atoms with Crippen LogP contribution in [0.4, 0.5) is 5.69 Å². The number of aryl methyl sites for hydroxylation is 2. The lowest BCUT2D eigenvalue weighted by molar-refractivity contribution is -0.118. The highest BCUT2D eigenvalue weighted by molar-refractivity contribution is 9.10. The standard InChI is InChI=1S/C24H21BrClN3O3/c1-15-3-9-21(11-16(15)2)28-23(30)14-32-22-10-6-19(25)12-18(22)13-27-29-24(31)17-4-7-20(26)8-5-17/h3-13H,14H2,1-2H3,(H,28,30)(H,29,31)/b27-13+. The van der Waals surface area contributed by atoms with Gasteiger partial charge in [-0.25, -0.2) is 5.43 Å². The Bertz CT molecular complexity index is 1160. The normalized spacial score (nSPS) is 10.8. The van der Waals surface area contributed by atoms with Crippen molar-refractivity contribution in [2.75, 3.05) is 11.9 Å². The van der Waals surface area contributed by atoms with Crippen LogP contribution in [-0.4, -0.2) is 24.6 Å². The van der Waals surface area contributed by atoms with Gasteiger partial charge in [0.25, 0.3) is 11.8 Å². The van der Waals surface area contributed by atoms with Gasteiger partial charge in [0.1, 0.15) is 5.75 Å². The molecule has 0 spiro atoms. The van der Waals surface area contributed by atoms with Crippen LogP contribution in [0.1, 0.15) is 27.0 Å². The van der Waals surface area contributed by atoms with Crippen molar-refractivity contribution in [3.05, 3.63) is 92.4 Å². The molecule has 2 amide bonds. The molecule has 3 aromatic rings. The number of ether oxygens (including phenoxy) is 1. The largest absolute Gasteiger partial charge is 0.483 e. The fraction of sp³-hybridized carbons (Fsp3) is 0.125. The maximum absolute atomic E-state index is 12.3. The minimum Gasteiger partial charge on any atom is -0.483 e. The maximum atomic E-state index is 12.3. The number of anilines is 1. The van der Waals surface area contributed by atoms with Gasteiger partial charge in [-0.15, -0.1) is 0 Å². The van der Waals surface area contributed by atoms with Crippen LogP contribution in [0.25, 0.3) is 0 Å². The van der Waals surface area contributed by atoms with Gasteiger partial charge in [0, 0.05) is 26.3 Å². The number of carbonyl (C=O) groups excluding carboxylic acids is 2. The van der Waals surface area contributed by atoms with E-state index in [1.54, 1.807) is 42.5 Å². The number of amides is 2. The number of nitrogens with zero attached hydrogens (tertiary/aromatic N) is 1. The molecule has 0 unspecified atom stereocenters. The van der Waals surface area contributed by atoms with E-state index in [0.29, 0.717) is 27.6 Å². The fourth-order valence-corrected chi connectivity index (χ4v) is 3.24. The summed E-state index contributed by atoms with van der Waals surface area (Å²) in [6.45, 7) is 3.83. The van der Waals surface area contributed by atoms with Crippen molar-refractivity contribution in [1.29, 1.82) is 0 Å². The van der Waals surface area contributed by atoms with E-state index in [9.17, 15) is 9.59 Å². The first-order valence-corrected chi connectivity index (χ1v) is 10.9. The molecule has 0 atom stereocenters. The van der Waals surface area contributed by atoms with Crippen LogP contribution in [0.3, 0.4) is 0 Å². The summed E-state index contributed by atoms with van der Waals surface area (Å²) in [7, 11) is 0. The van der Waals surface area contributed by atoms with Crippen molar-refractivity contribution in [2.24, 2.45) is 5.10 Å². The monoisotopic (exact) mass is 513 g/mol. The van der Waals surface area contributed by atoms with Crippen molar-refractivity contribution < 1.29 is 14.3 Å². The zero-order valence-corrected chi connectivity index (χ0v) is 19.8. The molecule has 0 heterocycles. The molecule has 164 valence electrons. The molecule has 2 N–H and O–H groups in total. The molecule has 0 saturated carbocycles. The number of hydrogen-bond acceptors (Lipinski definition) is 4. The number of benzene rings is 3. The van der Waals surface area contributed by atoms with Crippen LogP contribution >= 0.6 is 27.5 Å². The number of rotatable bonds is 7. The number of hydrazone groups is 1. The summed E-state index contributed by atoms with van der Waals surface area (Å²) in [5.74, 6) is -0.203. The van der Waals surface area contributed by atoms with E-state index in [1.165, 1.54) is 6.21 Å². The van der Waals surface area contributed by atoms with E-state index in [-0.39, 0.29) is 18.4 Å². The first-order chi connectivity index (χ1) is 15.3. The van der Waals surface area contributed by atoms with Gasteiger partial charge >= 0.3 is 0 Å². The lowest BCUT2D eigenvalue weighted by atomic mass is 10.1. The van der Waals surface area contributed by atoms with Crippen LogP contribution < -0.4 is 15.5 Å². The second kappa shape index (κ2) is 10.9. The lowest BCUT2D eigenvalue weighted by Gasteiger charge is -2.11. The Hall–Kier alpha value is -3.16. The topological polar surface area (TPSA) is 79.8 Å². The number of halogens is 2. The summed E-state index contributed by atoms with van der Waals surface area (Å²) < 4.78 is 6.48. The van der Waals surface area contributed by atoms with Crippen molar-refractivity contribution in [2.45, 2.75) is 13.8 Å². The smallest absolute Gasteiger partial charge is 0.271 e. The average Bonchev–Trinajstić information content (AvgIpc) is 2.76. The summed E-state index contributed by atoms with van der Waals surface area (Å²) in [6.07, 6.45) is 1.45. The highest BCUT2D eigenvalue weighted by atomic mass is 79.9. The zero-order valence-electron chi connectivity index (χ0n) is 17.5. The molecule has 0 aliphatic rings. The molecule has 3 aromatic carbocycles. The molecule has 0 aliphatic carbocycles. The summed E-state index contributed by atoms with van der Waals surface area (Å²) >= 11 is 9.24. The first-order valence-electron chi connectivity index (χ1n) is 9.70. The number of nitrogens with one attached hydrogen (secondary N) is 2. The number of carbonyl (C=O) groups is 2. The molecule has 32 heavy (non-hydrogen) atoms. The van der Waals surface area contributed by atoms with Gasteiger partial charge in [-0.1, -0.05) is 33.6 Å². The molecular weight excluding hydrogens is 494 g/mol. The maximum Gasteiger partial charge on any atom is 0.271 e. The highest BCUT2D eigenvalue weighted by Crippen LogP contribution is 2.22. The Morgan fingerprint density at radius 1 is 1.03 bits per heavy atom. The van der Waals surface area contributed by atoms with Gasteiger partial charge in [0.2, 0.25) is 0 Å². The van der Waals surface area contributed by atoms with Crippen LogP contribution in [-0.2, 0) is 4.79 Å². The van der Waals surface area contributed by atoms with E-state index >= 15 is 0 Å². The van der Waals surface area contributed by atoms with Crippen molar-refractivity contribution in [1.82, 2.24) is 5.43 Å². The van der Waals surface area contributed by atoms with Gasteiger partial charge in [-0.2, -0.15) is 5.10 Å². The van der Waals surface area contributed by atoms with Crippen LogP contribution in [0.2, 0.25) is 5.02 Å². The average molecular weight is 515 g/mol. The molecule has 0 saturated heterocycles.